The van der Waals surface area contributed by atoms with Gasteiger partial charge in [-0.25, -0.2) is 0 Å². The van der Waals surface area contributed by atoms with Crippen molar-refractivity contribution in [1.82, 2.24) is 0 Å². The molecule has 78 valence electrons. The van der Waals surface area contributed by atoms with E-state index in [-0.39, 0.29) is 0 Å². The molecule has 2 heteroatoms. The molecular weight excluding hydrogens is 204 g/mol. The van der Waals surface area contributed by atoms with Gasteiger partial charge in [-0.05, 0) is 31.5 Å². The predicted octanol–water partition coefficient (Wildman–Crippen LogP) is 3.45. The highest BCUT2D eigenvalue weighted by Gasteiger charge is 2.11. The number of hydrogen-bond donors (Lipinski definition) is 1. The molecule has 1 nitrogen and oxygen atoms in total. The summed E-state index contributed by atoms with van der Waals surface area (Å²) in [4.78, 5) is 2.24. The molecule has 2 aromatic rings. The molecule has 0 radical (unpaired) electrons. The number of aliphatic hydroxyl groups is 1. The molecule has 0 amide bonds. The van der Waals surface area contributed by atoms with E-state index in [1.54, 1.807) is 11.3 Å². The summed E-state index contributed by atoms with van der Waals surface area (Å²) in [6.45, 7) is 4.10. The van der Waals surface area contributed by atoms with E-state index < -0.39 is 6.10 Å². The first-order valence-corrected chi connectivity index (χ1v) is 5.79. The van der Waals surface area contributed by atoms with E-state index in [0.717, 1.165) is 10.4 Å². The maximum atomic E-state index is 10.1. The number of benzene rings is 1. The number of aryl methyl sites for hydroxylation is 2. The van der Waals surface area contributed by atoms with Crippen LogP contribution in [0.3, 0.4) is 0 Å². The molecule has 0 aliphatic heterocycles. The normalized spacial score (nSPS) is 12.7. The Morgan fingerprint density at radius 1 is 1.00 bits per heavy atom. The lowest BCUT2D eigenvalue weighted by Gasteiger charge is -2.08. The molecule has 1 N–H and O–H groups in total. The first-order chi connectivity index (χ1) is 7.16. The van der Waals surface area contributed by atoms with Gasteiger partial charge in [0.05, 0.1) is 0 Å². The van der Waals surface area contributed by atoms with Gasteiger partial charge in [0.2, 0.25) is 0 Å². The lowest BCUT2D eigenvalue weighted by atomic mass is 10.1. The van der Waals surface area contributed by atoms with Crippen LogP contribution < -0.4 is 0 Å². The Balaban J connectivity index is 2.28. The molecule has 15 heavy (non-hydrogen) atoms. The van der Waals surface area contributed by atoms with Crippen LogP contribution in [0.25, 0.3) is 0 Å². The van der Waals surface area contributed by atoms with Crippen molar-refractivity contribution >= 4 is 11.3 Å². The molecule has 0 aliphatic rings. The van der Waals surface area contributed by atoms with E-state index in [9.17, 15) is 5.11 Å². The van der Waals surface area contributed by atoms with Crippen LogP contribution in [0, 0.1) is 13.8 Å². The van der Waals surface area contributed by atoms with E-state index in [0.29, 0.717) is 0 Å². The maximum Gasteiger partial charge on any atom is 0.113 e. The third-order valence-electron chi connectivity index (χ3n) is 2.42. The van der Waals surface area contributed by atoms with Gasteiger partial charge in [-0.2, -0.15) is 0 Å². The summed E-state index contributed by atoms with van der Waals surface area (Å²) in [6, 6.07) is 12.0. The SMILES string of the molecule is Cc1ccc(C(O)c2ccc(C)s2)cc1. The second-order valence-corrected chi connectivity index (χ2v) is 5.08. The van der Waals surface area contributed by atoms with Gasteiger partial charge in [-0.15, -0.1) is 11.3 Å². The summed E-state index contributed by atoms with van der Waals surface area (Å²) >= 11 is 1.64. The third-order valence-corrected chi connectivity index (χ3v) is 3.48. The maximum absolute atomic E-state index is 10.1. The first kappa shape index (κ1) is 10.4. The Hall–Kier alpha value is -1.12. The number of thiophene rings is 1. The van der Waals surface area contributed by atoms with Crippen LogP contribution in [0.15, 0.2) is 36.4 Å². The van der Waals surface area contributed by atoms with Crippen molar-refractivity contribution in [2.24, 2.45) is 0 Å². The van der Waals surface area contributed by atoms with Gasteiger partial charge in [-0.3, -0.25) is 0 Å². The Morgan fingerprint density at radius 2 is 1.67 bits per heavy atom. The minimum absolute atomic E-state index is 0.482. The largest absolute Gasteiger partial charge is 0.383 e. The Kier molecular flexibility index (Phi) is 2.89. The van der Waals surface area contributed by atoms with Gasteiger partial charge >= 0.3 is 0 Å². The molecule has 1 heterocycles. The molecule has 0 aliphatic carbocycles. The van der Waals surface area contributed by atoms with E-state index in [1.165, 1.54) is 10.4 Å². The Labute approximate surface area is 94.0 Å². The van der Waals surface area contributed by atoms with Crippen molar-refractivity contribution in [2.75, 3.05) is 0 Å². The second-order valence-electron chi connectivity index (χ2n) is 3.76. The van der Waals surface area contributed by atoms with Gasteiger partial charge in [0, 0.05) is 9.75 Å². The van der Waals surface area contributed by atoms with Crippen LogP contribution in [-0.4, -0.2) is 5.11 Å². The lowest BCUT2D eigenvalue weighted by Crippen LogP contribution is -1.96. The molecule has 0 fully saturated rings. The molecule has 0 saturated heterocycles. The van der Waals surface area contributed by atoms with Crippen LogP contribution in [0.1, 0.15) is 27.0 Å². The zero-order valence-corrected chi connectivity index (χ0v) is 9.71. The van der Waals surface area contributed by atoms with Crippen molar-refractivity contribution < 1.29 is 5.11 Å². The minimum atomic E-state index is -0.482. The van der Waals surface area contributed by atoms with Gasteiger partial charge < -0.3 is 5.11 Å². The van der Waals surface area contributed by atoms with Gasteiger partial charge in [0.25, 0.3) is 0 Å². The average molecular weight is 218 g/mol. The number of aliphatic hydroxyl groups excluding tert-OH is 1. The molecule has 1 atom stereocenters. The standard InChI is InChI=1S/C13H14OS/c1-9-3-6-11(7-4-9)13(14)12-8-5-10(2)15-12/h3-8,13-14H,1-2H3. The highest BCUT2D eigenvalue weighted by molar-refractivity contribution is 7.12. The van der Waals surface area contributed by atoms with Crippen molar-refractivity contribution in [3.63, 3.8) is 0 Å². The molecule has 0 spiro atoms. The second kappa shape index (κ2) is 4.17. The van der Waals surface area contributed by atoms with Gasteiger partial charge in [-0.1, -0.05) is 29.8 Å². The van der Waals surface area contributed by atoms with Crippen LogP contribution in [0.2, 0.25) is 0 Å². The fourth-order valence-electron chi connectivity index (χ4n) is 1.51. The van der Waals surface area contributed by atoms with Crippen molar-refractivity contribution in [1.29, 1.82) is 0 Å². The summed E-state index contributed by atoms with van der Waals surface area (Å²) in [6.07, 6.45) is -0.482. The van der Waals surface area contributed by atoms with Crippen LogP contribution in [0.5, 0.6) is 0 Å². The van der Waals surface area contributed by atoms with Gasteiger partial charge in [0.1, 0.15) is 6.10 Å². The van der Waals surface area contributed by atoms with Gasteiger partial charge in [0.15, 0.2) is 0 Å². The zero-order chi connectivity index (χ0) is 10.8. The van der Waals surface area contributed by atoms with Crippen molar-refractivity contribution in [2.45, 2.75) is 20.0 Å². The summed E-state index contributed by atoms with van der Waals surface area (Å²) < 4.78 is 0. The first-order valence-electron chi connectivity index (χ1n) is 4.98. The minimum Gasteiger partial charge on any atom is -0.383 e. The van der Waals surface area contributed by atoms with Crippen LogP contribution >= 0.6 is 11.3 Å². The molecule has 1 unspecified atom stereocenters. The molecule has 1 aromatic heterocycles. The monoisotopic (exact) mass is 218 g/mol. The lowest BCUT2D eigenvalue weighted by molar-refractivity contribution is 0.224. The summed E-state index contributed by atoms with van der Waals surface area (Å²) in [5.41, 5.74) is 2.18. The highest BCUT2D eigenvalue weighted by Crippen LogP contribution is 2.27. The Bertz CT molecular complexity index is 442. The number of hydrogen-bond acceptors (Lipinski definition) is 2. The molecule has 1 aromatic carbocycles. The van der Waals surface area contributed by atoms with E-state index in [1.807, 2.05) is 43.3 Å². The fraction of sp³-hybridized carbons (Fsp3) is 0.231. The average Bonchev–Trinajstić information content (AvgIpc) is 2.65. The van der Waals surface area contributed by atoms with Crippen molar-refractivity contribution in [3.8, 4) is 0 Å². The predicted molar refractivity (Wildman–Crippen MR) is 64.3 cm³/mol. The summed E-state index contributed by atoms with van der Waals surface area (Å²) in [7, 11) is 0. The molecule has 0 bridgehead atoms. The van der Waals surface area contributed by atoms with Crippen molar-refractivity contribution in [3.05, 3.63) is 57.3 Å². The molecule has 2 rings (SSSR count). The van der Waals surface area contributed by atoms with E-state index >= 15 is 0 Å². The zero-order valence-electron chi connectivity index (χ0n) is 8.90. The fourth-order valence-corrected chi connectivity index (χ4v) is 2.41. The number of rotatable bonds is 2. The highest BCUT2D eigenvalue weighted by atomic mass is 32.1. The summed E-state index contributed by atoms with van der Waals surface area (Å²) in [5.74, 6) is 0. The molecular formula is C13H14OS. The Morgan fingerprint density at radius 3 is 2.20 bits per heavy atom. The topological polar surface area (TPSA) is 20.2 Å². The van der Waals surface area contributed by atoms with E-state index in [4.69, 9.17) is 0 Å². The van der Waals surface area contributed by atoms with E-state index in [2.05, 4.69) is 6.92 Å². The summed E-state index contributed by atoms with van der Waals surface area (Å²) in [5, 5.41) is 10.1. The quantitative estimate of drug-likeness (QED) is 0.818. The smallest absolute Gasteiger partial charge is 0.113 e. The van der Waals surface area contributed by atoms with Crippen LogP contribution in [-0.2, 0) is 0 Å². The molecule has 0 saturated carbocycles. The third kappa shape index (κ3) is 2.28. The van der Waals surface area contributed by atoms with Crippen LogP contribution in [0.4, 0.5) is 0 Å².